The molecule has 0 saturated heterocycles. The fraction of sp³-hybridized carbons (Fsp3) is 0.300. The summed E-state index contributed by atoms with van der Waals surface area (Å²) in [7, 11) is 0. The second-order valence-electron chi connectivity index (χ2n) is 3.98. The van der Waals surface area contributed by atoms with Gasteiger partial charge in [0.25, 0.3) is 5.56 Å². The summed E-state index contributed by atoms with van der Waals surface area (Å²) in [4.78, 5) is 33.8. The average molecular weight is 278 g/mol. The van der Waals surface area contributed by atoms with Crippen LogP contribution >= 0.6 is 11.5 Å². The van der Waals surface area contributed by atoms with Crippen LogP contribution in [0.1, 0.15) is 13.3 Å². The summed E-state index contributed by atoms with van der Waals surface area (Å²) < 4.78 is 5.19. The smallest absolute Gasteiger partial charge is 0.330 e. The average Bonchev–Trinajstić information content (AvgIpc) is 3.02. The molecule has 3 aromatic heterocycles. The molecule has 0 aliphatic rings. The second kappa shape index (κ2) is 4.43. The van der Waals surface area contributed by atoms with Crippen LogP contribution in [0, 0.1) is 0 Å². The van der Waals surface area contributed by atoms with Gasteiger partial charge in [-0.25, -0.2) is 9.78 Å². The second-order valence-corrected chi connectivity index (χ2v) is 4.76. The Labute approximate surface area is 110 Å². The van der Waals surface area contributed by atoms with E-state index in [2.05, 4.69) is 24.5 Å². The van der Waals surface area contributed by atoms with Gasteiger partial charge in [0.15, 0.2) is 11.5 Å². The molecule has 0 radical (unpaired) electrons. The molecule has 3 rings (SSSR count). The molecular weight excluding hydrogens is 268 g/mol. The molecule has 0 aliphatic carbocycles. The first-order chi connectivity index (χ1) is 9.20. The van der Waals surface area contributed by atoms with Gasteiger partial charge < -0.3 is 4.98 Å². The Morgan fingerprint density at radius 2 is 2.21 bits per heavy atom. The minimum atomic E-state index is -0.469. The number of aryl methyl sites for hydroxylation is 1. The summed E-state index contributed by atoms with van der Waals surface area (Å²) in [6, 6.07) is 0. The highest BCUT2D eigenvalue weighted by Gasteiger charge is 2.14. The van der Waals surface area contributed by atoms with Crippen LogP contribution in [-0.4, -0.2) is 29.1 Å². The van der Waals surface area contributed by atoms with Gasteiger partial charge in [-0.1, -0.05) is 11.4 Å². The first kappa shape index (κ1) is 11.8. The lowest BCUT2D eigenvalue weighted by Gasteiger charge is -2.02. The summed E-state index contributed by atoms with van der Waals surface area (Å²) in [6.45, 7) is 2.45. The molecular formula is C10H10N6O2S. The molecule has 3 heterocycles. The molecule has 0 aromatic carbocycles. The van der Waals surface area contributed by atoms with E-state index in [1.165, 1.54) is 16.1 Å². The summed E-state index contributed by atoms with van der Waals surface area (Å²) in [5.41, 5.74) is -0.265. The van der Waals surface area contributed by atoms with Crippen LogP contribution in [0.5, 0.6) is 0 Å². The highest BCUT2D eigenvalue weighted by Crippen LogP contribution is 2.19. The zero-order valence-electron chi connectivity index (χ0n) is 10.0. The van der Waals surface area contributed by atoms with Crippen LogP contribution in [0.15, 0.2) is 15.8 Å². The van der Waals surface area contributed by atoms with E-state index in [1.807, 2.05) is 6.92 Å². The Kier molecular flexibility index (Phi) is 2.75. The maximum atomic E-state index is 11.8. The van der Waals surface area contributed by atoms with Crippen molar-refractivity contribution < 1.29 is 0 Å². The molecule has 0 amide bonds. The molecule has 19 heavy (non-hydrogen) atoms. The highest BCUT2D eigenvalue weighted by atomic mass is 32.1. The van der Waals surface area contributed by atoms with Crippen molar-refractivity contribution in [3.8, 4) is 10.7 Å². The number of rotatable bonds is 3. The van der Waals surface area contributed by atoms with Gasteiger partial charge in [0, 0.05) is 6.54 Å². The van der Waals surface area contributed by atoms with Gasteiger partial charge in [0.2, 0.25) is 0 Å². The Morgan fingerprint density at radius 3 is 2.89 bits per heavy atom. The molecule has 0 bridgehead atoms. The zero-order chi connectivity index (χ0) is 13.4. The number of aromatic amines is 2. The first-order valence-corrected chi connectivity index (χ1v) is 6.48. The molecule has 98 valence electrons. The van der Waals surface area contributed by atoms with Crippen LogP contribution in [-0.2, 0) is 6.54 Å². The lowest BCUT2D eigenvalue weighted by Crippen LogP contribution is -2.30. The quantitative estimate of drug-likeness (QED) is 0.718. The molecule has 0 aliphatic heterocycles. The van der Waals surface area contributed by atoms with E-state index in [-0.39, 0.29) is 5.52 Å². The van der Waals surface area contributed by atoms with Crippen molar-refractivity contribution in [1.82, 2.24) is 29.1 Å². The van der Waals surface area contributed by atoms with Gasteiger partial charge in [0.05, 0.1) is 6.20 Å². The molecule has 0 spiro atoms. The Morgan fingerprint density at radius 1 is 1.37 bits per heavy atom. The Bertz CT molecular complexity index is 828. The van der Waals surface area contributed by atoms with Gasteiger partial charge in [0.1, 0.15) is 10.4 Å². The fourth-order valence-corrected chi connectivity index (χ4v) is 2.32. The van der Waals surface area contributed by atoms with Crippen molar-refractivity contribution >= 4 is 22.7 Å². The number of aromatic nitrogens is 6. The molecule has 0 saturated carbocycles. The molecule has 2 N–H and O–H groups in total. The topological polar surface area (TPSA) is 109 Å². The summed E-state index contributed by atoms with van der Waals surface area (Å²) in [6.07, 6.45) is 2.32. The SMILES string of the molecule is CCCn1c(=O)[nH]c(=O)c2[nH]c(-c3cnns3)nc21. The van der Waals surface area contributed by atoms with Crippen molar-refractivity contribution in [3.63, 3.8) is 0 Å². The van der Waals surface area contributed by atoms with Gasteiger partial charge in [-0.05, 0) is 18.0 Å². The van der Waals surface area contributed by atoms with Gasteiger partial charge in [-0.15, -0.1) is 5.10 Å². The number of H-pyrrole nitrogens is 2. The largest absolute Gasteiger partial charge is 0.331 e. The van der Waals surface area contributed by atoms with E-state index < -0.39 is 11.2 Å². The van der Waals surface area contributed by atoms with Crippen LogP contribution in [0.3, 0.4) is 0 Å². The molecule has 0 unspecified atom stereocenters. The van der Waals surface area contributed by atoms with Gasteiger partial charge >= 0.3 is 5.69 Å². The maximum absolute atomic E-state index is 11.8. The van der Waals surface area contributed by atoms with E-state index in [1.54, 1.807) is 6.20 Å². The molecule has 0 atom stereocenters. The lowest BCUT2D eigenvalue weighted by molar-refractivity contribution is 0.653. The summed E-state index contributed by atoms with van der Waals surface area (Å²) in [5.74, 6) is 0.492. The molecule has 8 nitrogen and oxygen atoms in total. The number of fused-ring (bicyclic) bond motifs is 1. The van der Waals surface area contributed by atoms with Crippen LogP contribution < -0.4 is 11.2 Å². The summed E-state index contributed by atoms with van der Waals surface area (Å²) in [5, 5.41) is 3.72. The van der Waals surface area contributed by atoms with Crippen LogP contribution in [0.4, 0.5) is 0 Å². The highest BCUT2D eigenvalue weighted by molar-refractivity contribution is 7.09. The van der Waals surface area contributed by atoms with Gasteiger partial charge in [-0.2, -0.15) is 0 Å². The fourth-order valence-electron chi connectivity index (χ4n) is 1.86. The van der Waals surface area contributed by atoms with Crippen molar-refractivity contribution in [2.75, 3.05) is 0 Å². The van der Waals surface area contributed by atoms with Crippen LogP contribution in [0.25, 0.3) is 21.9 Å². The number of nitrogens with one attached hydrogen (secondary N) is 2. The number of nitrogens with zero attached hydrogens (tertiary/aromatic N) is 4. The molecule has 0 fully saturated rings. The van der Waals surface area contributed by atoms with E-state index in [4.69, 9.17) is 0 Å². The van der Waals surface area contributed by atoms with E-state index in [9.17, 15) is 9.59 Å². The van der Waals surface area contributed by atoms with E-state index >= 15 is 0 Å². The van der Waals surface area contributed by atoms with Crippen molar-refractivity contribution in [2.45, 2.75) is 19.9 Å². The Balaban J connectivity index is 2.32. The third-order valence-corrected chi connectivity index (χ3v) is 3.35. The Hall–Kier alpha value is -2.29. The third-order valence-electron chi connectivity index (χ3n) is 2.67. The molecule has 9 heteroatoms. The molecule has 3 aromatic rings. The first-order valence-electron chi connectivity index (χ1n) is 5.71. The number of imidazole rings is 1. The minimum absolute atomic E-state index is 0.288. The lowest BCUT2D eigenvalue weighted by atomic mass is 10.4. The number of hydrogen-bond acceptors (Lipinski definition) is 6. The standard InChI is InChI=1S/C10H10N6O2S/c1-2-3-16-8-6(9(17)14-10(16)18)12-7(13-8)5-4-11-15-19-5/h4H,2-3H2,1H3,(H,12,13)(H,14,17,18). The van der Waals surface area contributed by atoms with Crippen molar-refractivity contribution in [1.29, 1.82) is 0 Å². The van der Waals surface area contributed by atoms with E-state index in [0.29, 0.717) is 22.9 Å². The third kappa shape index (κ3) is 1.87. The maximum Gasteiger partial charge on any atom is 0.330 e. The van der Waals surface area contributed by atoms with Gasteiger partial charge in [-0.3, -0.25) is 14.3 Å². The van der Waals surface area contributed by atoms with Crippen molar-refractivity contribution in [2.24, 2.45) is 0 Å². The minimum Gasteiger partial charge on any atom is -0.331 e. The predicted molar refractivity (Wildman–Crippen MR) is 70.2 cm³/mol. The monoisotopic (exact) mass is 278 g/mol. The van der Waals surface area contributed by atoms with E-state index in [0.717, 1.165) is 6.42 Å². The number of hydrogen-bond donors (Lipinski definition) is 2. The van der Waals surface area contributed by atoms with Crippen molar-refractivity contribution in [3.05, 3.63) is 27.0 Å². The summed E-state index contributed by atoms with van der Waals surface area (Å²) >= 11 is 1.17. The van der Waals surface area contributed by atoms with Crippen LogP contribution in [0.2, 0.25) is 0 Å². The normalized spacial score (nSPS) is 11.2. The zero-order valence-corrected chi connectivity index (χ0v) is 10.8. The predicted octanol–water partition coefficient (Wildman–Crippen LogP) is 0.341.